The Kier molecular flexibility index (Phi) is 8.84. The number of nitrogens with one attached hydrogen (secondary N) is 1. The van der Waals surface area contributed by atoms with Gasteiger partial charge in [-0.2, -0.15) is 0 Å². The van der Waals surface area contributed by atoms with Crippen molar-refractivity contribution in [1.29, 1.82) is 0 Å². The predicted octanol–water partition coefficient (Wildman–Crippen LogP) is 4.63. The maximum absolute atomic E-state index is 15.4. The molecule has 0 radical (unpaired) electrons. The van der Waals surface area contributed by atoms with E-state index in [4.69, 9.17) is 14.1 Å². The number of nitro benzene ring substituents is 1. The van der Waals surface area contributed by atoms with Crippen LogP contribution in [-0.4, -0.2) is 44.1 Å². The molecule has 220 valence electrons. The molecule has 5 aromatic rings. The number of ether oxygens (including phenoxy) is 2. The van der Waals surface area contributed by atoms with Crippen molar-refractivity contribution in [3.63, 3.8) is 0 Å². The second-order valence-corrected chi connectivity index (χ2v) is 9.45. The van der Waals surface area contributed by atoms with Crippen LogP contribution in [-0.2, 0) is 24.6 Å². The summed E-state index contributed by atoms with van der Waals surface area (Å²) in [6.07, 6.45) is 0. The SMILES string of the molecule is O=C(O)[C@@H](CO)NCc1cc([N+](=O)[O-])c(OCc2cccc(-c3ccccc3)c2F)cc1OCc1ccc2nonc2c1. The number of rotatable bonds is 13. The largest absolute Gasteiger partial charge is 0.488 e. The third kappa shape index (κ3) is 6.74. The van der Waals surface area contributed by atoms with E-state index in [2.05, 4.69) is 15.6 Å². The minimum absolute atomic E-state index is 0.00313. The lowest BCUT2D eigenvalue weighted by Gasteiger charge is -2.17. The summed E-state index contributed by atoms with van der Waals surface area (Å²) < 4.78 is 31.9. The lowest BCUT2D eigenvalue weighted by atomic mass is 10.0. The number of hydrogen-bond donors (Lipinski definition) is 3. The van der Waals surface area contributed by atoms with Crippen LogP contribution >= 0.6 is 0 Å². The zero-order valence-corrected chi connectivity index (χ0v) is 22.5. The number of carboxylic acid groups (broad SMARTS) is 1. The molecule has 0 aliphatic heterocycles. The molecule has 0 amide bonds. The Balaban J connectivity index is 1.44. The van der Waals surface area contributed by atoms with E-state index < -0.39 is 35.0 Å². The number of aliphatic hydroxyl groups is 1. The molecule has 0 bridgehead atoms. The molecule has 0 spiro atoms. The van der Waals surface area contributed by atoms with E-state index in [-0.39, 0.29) is 42.4 Å². The number of hydrogen-bond acceptors (Lipinski definition) is 10. The first-order valence-electron chi connectivity index (χ1n) is 13.0. The van der Waals surface area contributed by atoms with Gasteiger partial charge in [-0.1, -0.05) is 54.6 Å². The fourth-order valence-corrected chi connectivity index (χ4v) is 4.35. The van der Waals surface area contributed by atoms with E-state index >= 15 is 4.39 Å². The number of carboxylic acids is 1. The van der Waals surface area contributed by atoms with Gasteiger partial charge in [-0.15, -0.1) is 0 Å². The summed E-state index contributed by atoms with van der Waals surface area (Å²) in [5.41, 5.74) is 2.75. The Morgan fingerprint density at radius 2 is 1.72 bits per heavy atom. The Morgan fingerprint density at radius 3 is 2.47 bits per heavy atom. The van der Waals surface area contributed by atoms with Gasteiger partial charge in [-0.3, -0.25) is 20.2 Å². The molecule has 3 N–H and O–H groups in total. The van der Waals surface area contributed by atoms with Crippen molar-refractivity contribution in [3.05, 3.63) is 111 Å². The first kappa shape index (κ1) is 29.1. The number of benzene rings is 4. The highest BCUT2D eigenvalue weighted by Gasteiger charge is 2.23. The highest BCUT2D eigenvalue weighted by molar-refractivity contribution is 5.74. The van der Waals surface area contributed by atoms with Crippen molar-refractivity contribution in [2.45, 2.75) is 25.8 Å². The van der Waals surface area contributed by atoms with Crippen molar-refractivity contribution in [2.24, 2.45) is 0 Å². The molecule has 5 rings (SSSR count). The Morgan fingerprint density at radius 1 is 0.953 bits per heavy atom. The van der Waals surface area contributed by atoms with Crippen molar-refractivity contribution < 1.29 is 38.4 Å². The molecule has 1 aromatic heterocycles. The van der Waals surface area contributed by atoms with Gasteiger partial charge in [0.1, 0.15) is 41.9 Å². The number of aliphatic hydroxyl groups excluding tert-OH is 1. The average Bonchev–Trinajstić information content (AvgIpc) is 3.48. The smallest absolute Gasteiger partial charge is 0.323 e. The Hall–Kier alpha value is -5.40. The molecule has 1 heterocycles. The average molecular weight is 589 g/mol. The maximum Gasteiger partial charge on any atom is 0.323 e. The zero-order chi connectivity index (χ0) is 30.3. The third-order valence-corrected chi connectivity index (χ3v) is 6.62. The number of aliphatic carboxylic acids is 1. The molecular weight excluding hydrogens is 563 g/mol. The van der Waals surface area contributed by atoms with E-state index in [1.165, 1.54) is 18.2 Å². The van der Waals surface area contributed by atoms with Gasteiger partial charge in [0.25, 0.3) is 0 Å². The fraction of sp³-hybridized carbons (Fsp3) is 0.167. The molecule has 13 heteroatoms. The van der Waals surface area contributed by atoms with Gasteiger partial charge < -0.3 is 19.7 Å². The normalized spacial score (nSPS) is 11.8. The van der Waals surface area contributed by atoms with Gasteiger partial charge in [0.15, 0.2) is 0 Å². The maximum atomic E-state index is 15.4. The second-order valence-electron chi connectivity index (χ2n) is 9.45. The highest BCUT2D eigenvalue weighted by atomic mass is 19.1. The fourth-order valence-electron chi connectivity index (χ4n) is 4.35. The quantitative estimate of drug-likeness (QED) is 0.129. The second kappa shape index (κ2) is 13.1. The summed E-state index contributed by atoms with van der Waals surface area (Å²) >= 11 is 0. The molecule has 12 nitrogen and oxygen atoms in total. The first-order valence-corrected chi connectivity index (χ1v) is 13.0. The zero-order valence-electron chi connectivity index (χ0n) is 22.5. The van der Waals surface area contributed by atoms with Crippen LogP contribution in [0.5, 0.6) is 11.5 Å². The van der Waals surface area contributed by atoms with Gasteiger partial charge in [-0.25, -0.2) is 9.02 Å². The summed E-state index contributed by atoms with van der Waals surface area (Å²) in [6.45, 7) is -1.20. The monoisotopic (exact) mass is 588 g/mol. The van der Waals surface area contributed by atoms with Crippen LogP contribution in [0, 0.1) is 15.9 Å². The molecule has 0 aliphatic carbocycles. The predicted molar refractivity (Wildman–Crippen MR) is 151 cm³/mol. The number of nitrogens with zero attached hydrogens (tertiary/aromatic N) is 3. The molecule has 1 atom stereocenters. The van der Waals surface area contributed by atoms with Crippen LogP contribution in [0.2, 0.25) is 0 Å². The van der Waals surface area contributed by atoms with Crippen LogP contribution in [0.1, 0.15) is 16.7 Å². The summed E-state index contributed by atoms with van der Waals surface area (Å²) in [6, 6.07) is 20.1. The first-order chi connectivity index (χ1) is 20.8. The van der Waals surface area contributed by atoms with E-state index in [1.54, 1.807) is 54.6 Å². The Labute approximate surface area is 243 Å². The molecule has 4 aromatic carbocycles. The summed E-state index contributed by atoms with van der Waals surface area (Å²) in [7, 11) is 0. The van der Waals surface area contributed by atoms with Crippen LogP contribution in [0.25, 0.3) is 22.2 Å². The van der Waals surface area contributed by atoms with Crippen LogP contribution in [0.15, 0.2) is 83.5 Å². The van der Waals surface area contributed by atoms with Crippen molar-refractivity contribution in [2.75, 3.05) is 6.61 Å². The minimum atomic E-state index is -1.32. The van der Waals surface area contributed by atoms with E-state index in [9.17, 15) is 25.1 Å². The standard InChI is InChI=1S/C30H25FN4O8/c31-29-20(7-4-8-22(29)19-5-2-1-3-6-19)17-42-28-13-27(41-16-18-9-10-23-24(11-18)34-43-33-23)21(12-26(28)35(39)40)14-32-25(15-36)30(37)38/h1-13,25,32,36H,14-17H2,(H,37,38)/t25-/m1/s1. The molecule has 0 saturated carbocycles. The number of fused-ring (bicyclic) bond motifs is 1. The van der Waals surface area contributed by atoms with Gasteiger partial charge in [-0.05, 0) is 33.6 Å². The summed E-state index contributed by atoms with van der Waals surface area (Å²) in [5.74, 6) is -1.85. The van der Waals surface area contributed by atoms with Gasteiger partial charge in [0.05, 0.1) is 11.5 Å². The highest BCUT2D eigenvalue weighted by Crippen LogP contribution is 2.36. The molecular formula is C30H25FN4O8. The van der Waals surface area contributed by atoms with Crippen LogP contribution in [0.4, 0.5) is 10.1 Å². The Bertz CT molecular complexity index is 1760. The van der Waals surface area contributed by atoms with E-state index in [0.717, 1.165) is 0 Å². The van der Waals surface area contributed by atoms with Crippen molar-refractivity contribution in [1.82, 2.24) is 15.6 Å². The number of aromatic nitrogens is 2. The number of halogens is 1. The molecule has 0 unspecified atom stereocenters. The summed E-state index contributed by atoms with van der Waals surface area (Å²) in [5, 5.41) is 40.9. The molecule has 0 fully saturated rings. The lowest BCUT2D eigenvalue weighted by Crippen LogP contribution is -2.39. The lowest BCUT2D eigenvalue weighted by molar-refractivity contribution is -0.386. The number of carbonyl (C=O) groups is 1. The van der Waals surface area contributed by atoms with Gasteiger partial charge in [0.2, 0.25) is 5.75 Å². The van der Waals surface area contributed by atoms with Gasteiger partial charge >= 0.3 is 11.7 Å². The number of nitro groups is 1. The topological polar surface area (TPSA) is 170 Å². The van der Waals surface area contributed by atoms with Crippen LogP contribution < -0.4 is 14.8 Å². The van der Waals surface area contributed by atoms with Crippen molar-refractivity contribution >= 4 is 22.7 Å². The molecule has 0 aliphatic rings. The molecule has 43 heavy (non-hydrogen) atoms. The summed E-state index contributed by atoms with van der Waals surface area (Å²) in [4.78, 5) is 22.7. The van der Waals surface area contributed by atoms with Crippen LogP contribution in [0.3, 0.4) is 0 Å². The third-order valence-electron chi connectivity index (χ3n) is 6.62. The van der Waals surface area contributed by atoms with Crippen molar-refractivity contribution in [3.8, 4) is 22.6 Å². The van der Waals surface area contributed by atoms with E-state index in [0.29, 0.717) is 27.7 Å². The molecule has 0 saturated heterocycles. The minimum Gasteiger partial charge on any atom is -0.488 e. The van der Waals surface area contributed by atoms with Gasteiger partial charge in [0, 0.05) is 35.4 Å². The van der Waals surface area contributed by atoms with E-state index in [1.807, 2.05) is 6.07 Å².